The molecule has 120 valence electrons. The van der Waals surface area contributed by atoms with Gasteiger partial charge in [-0.05, 0) is 18.4 Å². The van der Waals surface area contributed by atoms with E-state index in [0.717, 1.165) is 15.3 Å². The molecular weight excluding hydrogens is 334 g/mol. The highest BCUT2D eigenvalue weighted by Crippen LogP contribution is 2.38. The van der Waals surface area contributed by atoms with Gasteiger partial charge in [-0.25, -0.2) is 4.79 Å². The topological polar surface area (TPSA) is 97.5 Å². The van der Waals surface area contributed by atoms with Crippen LogP contribution in [-0.4, -0.2) is 24.4 Å². The molecule has 23 heavy (non-hydrogen) atoms. The summed E-state index contributed by atoms with van der Waals surface area (Å²) in [5.41, 5.74) is 7.70. The minimum absolute atomic E-state index is 0.170. The Labute approximate surface area is 138 Å². The molecule has 1 aromatic carbocycles. The SMILES string of the molecule is NC1C(=S(=O)=O)CCc2sc(Cc3ccccc3)c(C(=O)O)c21. The molecular formula is C16H15NO4S2. The fourth-order valence-electron chi connectivity index (χ4n) is 2.94. The van der Waals surface area contributed by atoms with Crippen molar-refractivity contribution < 1.29 is 18.3 Å². The van der Waals surface area contributed by atoms with Crippen molar-refractivity contribution in [3.05, 3.63) is 56.8 Å². The monoisotopic (exact) mass is 349 g/mol. The summed E-state index contributed by atoms with van der Waals surface area (Å²) in [6.07, 6.45) is 1.38. The van der Waals surface area contributed by atoms with Gasteiger partial charge in [0.2, 0.25) is 10.3 Å². The van der Waals surface area contributed by atoms with E-state index in [2.05, 4.69) is 0 Å². The molecule has 0 bridgehead atoms. The van der Waals surface area contributed by atoms with Crippen LogP contribution in [0.5, 0.6) is 0 Å². The number of aromatic carboxylic acids is 1. The number of carboxylic acid groups (broad SMARTS) is 1. The molecule has 3 N–H and O–H groups in total. The molecule has 1 unspecified atom stereocenters. The van der Waals surface area contributed by atoms with Gasteiger partial charge in [-0.3, -0.25) is 0 Å². The van der Waals surface area contributed by atoms with Crippen LogP contribution in [-0.2, 0) is 23.1 Å². The van der Waals surface area contributed by atoms with Crippen molar-refractivity contribution in [3.8, 4) is 0 Å². The number of nitrogens with two attached hydrogens (primary N) is 1. The Hall–Kier alpha value is -1.96. The lowest BCUT2D eigenvalue weighted by atomic mass is 9.90. The van der Waals surface area contributed by atoms with Crippen molar-refractivity contribution in [1.29, 1.82) is 0 Å². The second-order valence-corrected chi connectivity index (χ2v) is 7.57. The smallest absolute Gasteiger partial charge is 0.337 e. The molecule has 1 heterocycles. The van der Waals surface area contributed by atoms with Gasteiger partial charge in [-0.2, -0.15) is 8.42 Å². The molecule has 1 aliphatic rings. The maximum Gasteiger partial charge on any atom is 0.337 e. The summed E-state index contributed by atoms with van der Waals surface area (Å²) in [6.45, 7) is 0. The van der Waals surface area contributed by atoms with Crippen molar-refractivity contribution in [3.63, 3.8) is 0 Å². The number of thiophene rings is 1. The Balaban J connectivity index is 2.12. The Bertz CT molecular complexity index is 890. The van der Waals surface area contributed by atoms with Gasteiger partial charge in [-0.15, -0.1) is 11.3 Å². The Morgan fingerprint density at radius 1 is 1.26 bits per heavy atom. The molecule has 2 aromatic rings. The first-order valence-electron chi connectivity index (χ1n) is 7.11. The number of carboxylic acids is 1. The van der Waals surface area contributed by atoms with E-state index in [1.54, 1.807) is 0 Å². The molecule has 0 amide bonds. The summed E-state index contributed by atoms with van der Waals surface area (Å²) >= 11 is 1.43. The number of hydrogen-bond acceptors (Lipinski definition) is 5. The fraction of sp³-hybridized carbons (Fsp3) is 0.250. The van der Waals surface area contributed by atoms with Crippen molar-refractivity contribution in [1.82, 2.24) is 0 Å². The molecule has 5 nitrogen and oxygen atoms in total. The van der Waals surface area contributed by atoms with Gasteiger partial charge < -0.3 is 10.8 Å². The molecule has 0 saturated carbocycles. The van der Waals surface area contributed by atoms with Gasteiger partial charge >= 0.3 is 5.97 Å². The third-order valence-electron chi connectivity index (χ3n) is 3.99. The van der Waals surface area contributed by atoms with Crippen LogP contribution >= 0.6 is 11.3 Å². The number of fused-ring (bicyclic) bond motifs is 1. The van der Waals surface area contributed by atoms with Gasteiger partial charge in [0.15, 0.2) is 0 Å². The zero-order valence-electron chi connectivity index (χ0n) is 12.2. The van der Waals surface area contributed by atoms with E-state index >= 15 is 0 Å². The average Bonchev–Trinajstić information content (AvgIpc) is 2.87. The molecule has 0 spiro atoms. The lowest BCUT2D eigenvalue weighted by molar-refractivity contribution is 0.0695. The number of rotatable bonds is 3. The van der Waals surface area contributed by atoms with Crippen LogP contribution in [0.3, 0.4) is 0 Å². The molecule has 1 atom stereocenters. The molecule has 1 aromatic heterocycles. The Morgan fingerprint density at radius 2 is 1.96 bits per heavy atom. The van der Waals surface area contributed by atoms with Crippen LogP contribution < -0.4 is 5.73 Å². The summed E-state index contributed by atoms with van der Waals surface area (Å²) in [6, 6.07) is 8.73. The lowest BCUT2D eigenvalue weighted by Gasteiger charge is -2.20. The summed E-state index contributed by atoms with van der Waals surface area (Å²) in [7, 11) is -2.39. The van der Waals surface area contributed by atoms with Gasteiger partial charge in [0, 0.05) is 21.7 Å². The van der Waals surface area contributed by atoms with E-state index in [0.29, 0.717) is 24.8 Å². The first-order valence-corrected chi connectivity index (χ1v) is 9.00. The largest absolute Gasteiger partial charge is 0.478 e. The van der Waals surface area contributed by atoms with Crippen LogP contribution in [0.15, 0.2) is 30.3 Å². The highest BCUT2D eigenvalue weighted by molar-refractivity contribution is 7.73. The standard InChI is InChI=1S/C16H15NO4S2/c17-15-12(23(20)21)7-6-10-13(15)14(16(18)19)11(22-10)8-9-4-2-1-3-5-9/h1-5,15H,6-8,17H2,(H,18,19). The maximum absolute atomic E-state index is 11.8. The number of hydrogen-bond donors (Lipinski definition) is 2. The second-order valence-electron chi connectivity index (χ2n) is 5.38. The maximum atomic E-state index is 11.8. The van der Waals surface area contributed by atoms with E-state index < -0.39 is 22.3 Å². The number of benzene rings is 1. The fourth-order valence-corrected chi connectivity index (χ4v) is 4.91. The highest BCUT2D eigenvalue weighted by atomic mass is 32.2. The van der Waals surface area contributed by atoms with Gasteiger partial charge in [-0.1, -0.05) is 30.3 Å². The molecule has 0 radical (unpaired) electrons. The summed E-state index contributed by atoms with van der Waals surface area (Å²) in [5, 5.41) is 9.62. The van der Waals surface area contributed by atoms with Gasteiger partial charge in [0.25, 0.3) is 0 Å². The minimum Gasteiger partial charge on any atom is -0.478 e. The van der Waals surface area contributed by atoms with E-state index in [9.17, 15) is 18.3 Å². The summed E-state index contributed by atoms with van der Waals surface area (Å²) < 4.78 is 22.6. The summed E-state index contributed by atoms with van der Waals surface area (Å²) in [5.74, 6) is -1.05. The zero-order chi connectivity index (χ0) is 16.6. The quantitative estimate of drug-likeness (QED) is 0.827. The molecule has 1 aliphatic carbocycles. The van der Waals surface area contributed by atoms with Crippen molar-refractivity contribution in [2.75, 3.05) is 0 Å². The molecule has 0 saturated heterocycles. The third kappa shape index (κ3) is 2.95. The molecule has 0 fully saturated rings. The van der Waals surface area contributed by atoms with Crippen LogP contribution in [0.2, 0.25) is 0 Å². The average molecular weight is 349 g/mol. The van der Waals surface area contributed by atoms with Crippen molar-refractivity contribution in [2.45, 2.75) is 25.3 Å². The summed E-state index contributed by atoms with van der Waals surface area (Å²) in [4.78, 5) is 13.5. The Kier molecular flexibility index (Phi) is 4.34. The first-order chi connectivity index (χ1) is 11.0. The molecule has 3 rings (SSSR count). The van der Waals surface area contributed by atoms with E-state index in [1.165, 1.54) is 11.3 Å². The van der Waals surface area contributed by atoms with Crippen molar-refractivity contribution >= 4 is 32.5 Å². The second kappa shape index (κ2) is 6.27. The Morgan fingerprint density at radius 3 is 2.57 bits per heavy atom. The molecule has 7 heteroatoms. The van der Waals surface area contributed by atoms with Crippen LogP contribution in [0.25, 0.3) is 0 Å². The van der Waals surface area contributed by atoms with Crippen LogP contribution in [0, 0.1) is 0 Å². The third-order valence-corrected chi connectivity index (χ3v) is 6.14. The van der Waals surface area contributed by atoms with E-state index in [-0.39, 0.29) is 10.4 Å². The van der Waals surface area contributed by atoms with E-state index in [4.69, 9.17) is 5.73 Å². The first kappa shape index (κ1) is 15.9. The predicted molar refractivity (Wildman–Crippen MR) is 89.7 cm³/mol. The minimum atomic E-state index is -2.39. The highest BCUT2D eigenvalue weighted by Gasteiger charge is 2.33. The van der Waals surface area contributed by atoms with E-state index in [1.807, 2.05) is 30.3 Å². The molecule has 0 aliphatic heterocycles. The number of aryl methyl sites for hydroxylation is 1. The van der Waals surface area contributed by atoms with Gasteiger partial charge in [0.05, 0.1) is 16.5 Å². The van der Waals surface area contributed by atoms with Crippen LogP contribution in [0.4, 0.5) is 0 Å². The van der Waals surface area contributed by atoms with Crippen LogP contribution in [0.1, 0.15) is 43.7 Å². The number of carbonyl (C=O) groups is 1. The zero-order valence-corrected chi connectivity index (χ0v) is 13.8. The van der Waals surface area contributed by atoms with Gasteiger partial charge in [0.1, 0.15) is 0 Å². The normalized spacial score (nSPS) is 16.9. The lowest BCUT2D eigenvalue weighted by Crippen LogP contribution is -2.28. The van der Waals surface area contributed by atoms with Crippen molar-refractivity contribution in [2.24, 2.45) is 5.73 Å². The predicted octanol–water partition coefficient (Wildman–Crippen LogP) is 2.03.